The molecule has 1 fully saturated rings. The van der Waals surface area contributed by atoms with Crippen LogP contribution in [-0.2, 0) is 0 Å². The SMILES string of the molecule is CC(CCO)C1CCCN1. The van der Waals surface area contributed by atoms with E-state index in [0.717, 1.165) is 6.42 Å². The van der Waals surface area contributed by atoms with Crippen molar-refractivity contribution >= 4 is 0 Å². The summed E-state index contributed by atoms with van der Waals surface area (Å²) >= 11 is 0. The fraction of sp³-hybridized carbons (Fsp3) is 1.00. The number of rotatable bonds is 3. The number of aliphatic hydroxyl groups is 1. The Bertz CT molecular complexity index is 89.3. The first-order valence-electron chi connectivity index (χ1n) is 4.19. The maximum absolute atomic E-state index is 8.67. The molecule has 1 rings (SSSR count). The molecule has 2 heteroatoms. The van der Waals surface area contributed by atoms with Gasteiger partial charge in [0.25, 0.3) is 0 Å². The van der Waals surface area contributed by atoms with Crippen molar-refractivity contribution in [3.8, 4) is 0 Å². The van der Waals surface area contributed by atoms with Gasteiger partial charge >= 0.3 is 0 Å². The van der Waals surface area contributed by atoms with Gasteiger partial charge in [0.15, 0.2) is 0 Å². The molecule has 0 spiro atoms. The first-order valence-corrected chi connectivity index (χ1v) is 4.19. The van der Waals surface area contributed by atoms with Gasteiger partial charge in [-0.05, 0) is 31.7 Å². The predicted octanol–water partition coefficient (Wildman–Crippen LogP) is 0.757. The third-order valence-electron chi connectivity index (χ3n) is 2.37. The molecule has 0 radical (unpaired) electrons. The lowest BCUT2D eigenvalue weighted by Gasteiger charge is -2.17. The molecule has 2 nitrogen and oxygen atoms in total. The summed E-state index contributed by atoms with van der Waals surface area (Å²) in [6.45, 7) is 3.71. The zero-order chi connectivity index (χ0) is 7.40. The maximum Gasteiger partial charge on any atom is 0.0434 e. The van der Waals surface area contributed by atoms with Crippen LogP contribution >= 0.6 is 0 Å². The fourth-order valence-electron chi connectivity index (χ4n) is 1.60. The summed E-state index contributed by atoms with van der Waals surface area (Å²) in [4.78, 5) is 0. The van der Waals surface area contributed by atoms with Crippen molar-refractivity contribution in [2.24, 2.45) is 5.92 Å². The van der Waals surface area contributed by atoms with Crippen molar-refractivity contribution in [1.82, 2.24) is 5.32 Å². The van der Waals surface area contributed by atoms with E-state index in [-0.39, 0.29) is 0 Å². The number of aliphatic hydroxyl groups excluding tert-OH is 1. The Balaban J connectivity index is 2.18. The largest absolute Gasteiger partial charge is 0.396 e. The third-order valence-corrected chi connectivity index (χ3v) is 2.37. The standard InChI is InChI=1S/C8H17NO/c1-7(4-6-10)8-3-2-5-9-8/h7-10H,2-6H2,1H3. The van der Waals surface area contributed by atoms with Crippen LogP contribution in [0.3, 0.4) is 0 Å². The highest BCUT2D eigenvalue weighted by molar-refractivity contribution is 4.78. The molecule has 0 bridgehead atoms. The molecule has 2 N–H and O–H groups in total. The van der Waals surface area contributed by atoms with Gasteiger partial charge < -0.3 is 10.4 Å². The highest BCUT2D eigenvalue weighted by Gasteiger charge is 2.19. The highest BCUT2D eigenvalue weighted by atomic mass is 16.3. The van der Waals surface area contributed by atoms with Crippen molar-refractivity contribution in [1.29, 1.82) is 0 Å². The van der Waals surface area contributed by atoms with Crippen LogP contribution in [0.2, 0.25) is 0 Å². The number of nitrogens with one attached hydrogen (secondary N) is 1. The molecule has 0 aliphatic carbocycles. The Labute approximate surface area is 62.6 Å². The van der Waals surface area contributed by atoms with Crippen LogP contribution in [-0.4, -0.2) is 24.3 Å². The van der Waals surface area contributed by atoms with Gasteiger partial charge in [-0.2, -0.15) is 0 Å². The molecule has 10 heavy (non-hydrogen) atoms. The lowest BCUT2D eigenvalue weighted by Crippen LogP contribution is -2.29. The summed E-state index contributed by atoms with van der Waals surface area (Å²) in [5.74, 6) is 0.646. The van der Waals surface area contributed by atoms with Gasteiger partial charge in [-0.1, -0.05) is 6.92 Å². The van der Waals surface area contributed by atoms with Crippen molar-refractivity contribution in [2.75, 3.05) is 13.2 Å². The van der Waals surface area contributed by atoms with Crippen LogP contribution in [0.1, 0.15) is 26.2 Å². The summed E-state index contributed by atoms with van der Waals surface area (Å²) in [6.07, 6.45) is 3.54. The predicted molar refractivity (Wildman–Crippen MR) is 41.9 cm³/mol. The maximum atomic E-state index is 8.67. The van der Waals surface area contributed by atoms with E-state index in [0.29, 0.717) is 18.6 Å². The second-order valence-corrected chi connectivity index (χ2v) is 3.19. The molecule has 0 aromatic heterocycles. The van der Waals surface area contributed by atoms with Gasteiger partial charge in [0.05, 0.1) is 0 Å². The van der Waals surface area contributed by atoms with E-state index in [1.54, 1.807) is 0 Å². The van der Waals surface area contributed by atoms with Gasteiger partial charge in [-0.15, -0.1) is 0 Å². The summed E-state index contributed by atoms with van der Waals surface area (Å²) in [6, 6.07) is 0.673. The summed E-state index contributed by atoms with van der Waals surface area (Å²) < 4.78 is 0. The first kappa shape index (κ1) is 8.02. The van der Waals surface area contributed by atoms with Crippen LogP contribution < -0.4 is 5.32 Å². The molecule has 0 amide bonds. The molecular weight excluding hydrogens is 126 g/mol. The second-order valence-electron chi connectivity index (χ2n) is 3.19. The van der Waals surface area contributed by atoms with E-state index in [9.17, 15) is 0 Å². The fourth-order valence-corrected chi connectivity index (χ4v) is 1.60. The average Bonchev–Trinajstić information content (AvgIpc) is 2.38. The van der Waals surface area contributed by atoms with Crippen LogP contribution in [0.15, 0.2) is 0 Å². The monoisotopic (exact) mass is 143 g/mol. The Morgan fingerprint density at radius 3 is 3.00 bits per heavy atom. The average molecular weight is 143 g/mol. The van der Waals surface area contributed by atoms with E-state index >= 15 is 0 Å². The van der Waals surface area contributed by atoms with E-state index in [1.807, 2.05) is 0 Å². The van der Waals surface area contributed by atoms with Crippen LogP contribution in [0, 0.1) is 5.92 Å². The van der Waals surface area contributed by atoms with Crippen molar-refractivity contribution < 1.29 is 5.11 Å². The van der Waals surface area contributed by atoms with Crippen LogP contribution in [0.5, 0.6) is 0 Å². The quantitative estimate of drug-likeness (QED) is 0.611. The van der Waals surface area contributed by atoms with Crippen molar-refractivity contribution in [2.45, 2.75) is 32.2 Å². The van der Waals surface area contributed by atoms with Crippen molar-refractivity contribution in [3.63, 3.8) is 0 Å². The molecule has 1 aliphatic heterocycles. The van der Waals surface area contributed by atoms with E-state index in [4.69, 9.17) is 5.11 Å². The molecule has 1 aliphatic rings. The van der Waals surface area contributed by atoms with E-state index in [1.165, 1.54) is 19.4 Å². The minimum Gasteiger partial charge on any atom is -0.396 e. The lowest BCUT2D eigenvalue weighted by atomic mass is 9.98. The number of hydrogen-bond donors (Lipinski definition) is 2. The summed E-state index contributed by atoms with van der Waals surface area (Å²) in [7, 11) is 0. The van der Waals surface area contributed by atoms with Gasteiger partial charge in [0.2, 0.25) is 0 Å². The van der Waals surface area contributed by atoms with Gasteiger partial charge in [-0.3, -0.25) is 0 Å². The van der Waals surface area contributed by atoms with Crippen molar-refractivity contribution in [3.05, 3.63) is 0 Å². The van der Waals surface area contributed by atoms with Gasteiger partial charge in [0, 0.05) is 12.6 Å². The van der Waals surface area contributed by atoms with Gasteiger partial charge in [-0.25, -0.2) is 0 Å². The summed E-state index contributed by atoms with van der Waals surface area (Å²) in [5, 5.41) is 12.1. The van der Waals surface area contributed by atoms with E-state index in [2.05, 4.69) is 12.2 Å². The molecule has 2 atom stereocenters. The molecule has 1 heterocycles. The normalized spacial score (nSPS) is 28.8. The summed E-state index contributed by atoms with van der Waals surface area (Å²) in [5.41, 5.74) is 0. The minimum absolute atomic E-state index is 0.333. The Kier molecular flexibility index (Phi) is 3.16. The zero-order valence-corrected chi connectivity index (χ0v) is 6.64. The Morgan fingerprint density at radius 2 is 2.50 bits per heavy atom. The third kappa shape index (κ3) is 1.96. The molecule has 2 unspecified atom stereocenters. The second kappa shape index (κ2) is 3.94. The lowest BCUT2D eigenvalue weighted by molar-refractivity contribution is 0.244. The molecule has 0 saturated carbocycles. The van der Waals surface area contributed by atoms with Crippen LogP contribution in [0.25, 0.3) is 0 Å². The molecule has 1 saturated heterocycles. The molecule has 60 valence electrons. The molecular formula is C8H17NO. The van der Waals surface area contributed by atoms with E-state index < -0.39 is 0 Å². The molecule has 0 aromatic carbocycles. The van der Waals surface area contributed by atoms with Gasteiger partial charge in [0.1, 0.15) is 0 Å². The van der Waals surface area contributed by atoms with Crippen LogP contribution in [0.4, 0.5) is 0 Å². The topological polar surface area (TPSA) is 32.3 Å². The Morgan fingerprint density at radius 1 is 1.70 bits per heavy atom. The smallest absolute Gasteiger partial charge is 0.0434 e. The number of hydrogen-bond acceptors (Lipinski definition) is 2. The Hall–Kier alpha value is -0.0800. The minimum atomic E-state index is 0.333. The highest BCUT2D eigenvalue weighted by Crippen LogP contribution is 2.16. The first-order chi connectivity index (χ1) is 4.84. The molecule has 0 aromatic rings. The zero-order valence-electron chi connectivity index (χ0n) is 6.64.